The monoisotopic (exact) mass is 440 g/mol. The Balaban J connectivity index is 1.74. The van der Waals surface area contributed by atoms with Crippen LogP contribution in [0, 0.1) is 5.92 Å². The van der Waals surface area contributed by atoms with Gasteiger partial charge in [-0.2, -0.15) is 0 Å². The molecule has 1 fully saturated rings. The van der Waals surface area contributed by atoms with E-state index < -0.39 is 17.8 Å². The molecule has 0 bridgehead atoms. The summed E-state index contributed by atoms with van der Waals surface area (Å²) in [4.78, 5) is 0. The van der Waals surface area contributed by atoms with Crippen molar-refractivity contribution >= 4 is 0 Å². The van der Waals surface area contributed by atoms with E-state index in [1.165, 1.54) is 0 Å². The molecule has 0 aliphatic carbocycles. The number of rotatable bonds is 10. The first-order valence-corrected chi connectivity index (χ1v) is 11.4. The summed E-state index contributed by atoms with van der Waals surface area (Å²) in [5.41, 5.74) is 2.26. The molecule has 0 aromatic heterocycles. The lowest BCUT2D eigenvalue weighted by Crippen LogP contribution is -2.57. The van der Waals surface area contributed by atoms with E-state index in [1.54, 1.807) is 0 Å². The van der Waals surface area contributed by atoms with Gasteiger partial charge in [-0.25, -0.2) is 0 Å². The van der Waals surface area contributed by atoms with E-state index in [-0.39, 0.29) is 18.6 Å². The van der Waals surface area contributed by atoms with Crippen molar-refractivity contribution in [1.82, 2.24) is 0 Å². The van der Waals surface area contributed by atoms with Gasteiger partial charge in [0.1, 0.15) is 11.7 Å². The van der Waals surface area contributed by atoms with Crippen LogP contribution in [0.2, 0.25) is 0 Å². The number of hydrogen-bond acceptors (Lipinski definition) is 5. The summed E-state index contributed by atoms with van der Waals surface area (Å²) in [6, 6.07) is 20.0. The molecule has 0 spiro atoms. The average molecular weight is 441 g/mol. The van der Waals surface area contributed by atoms with Gasteiger partial charge in [-0.15, -0.1) is 0 Å². The summed E-state index contributed by atoms with van der Waals surface area (Å²) in [7, 11) is 0. The maximum absolute atomic E-state index is 10.8. The van der Waals surface area contributed by atoms with Crippen molar-refractivity contribution in [3.63, 3.8) is 0 Å². The van der Waals surface area contributed by atoms with E-state index in [2.05, 4.69) is 0 Å². The molecular formula is C27H36O5. The summed E-state index contributed by atoms with van der Waals surface area (Å²) in [5.74, 6) is 0.170. The van der Waals surface area contributed by atoms with E-state index in [0.29, 0.717) is 26.2 Å². The minimum absolute atomic E-state index is 0.0561. The fourth-order valence-electron chi connectivity index (χ4n) is 3.94. The van der Waals surface area contributed by atoms with Gasteiger partial charge in [0.25, 0.3) is 0 Å². The van der Waals surface area contributed by atoms with Gasteiger partial charge in [-0.3, -0.25) is 0 Å². The zero-order chi connectivity index (χ0) is 23.0. The highest BCUT2D eigenvalue weighted by atomic mass is 16.6. The van der Waals surface area contributed by atoms with E-state index in [9.17, 15) is 10.2 Å². The molecule has 1 aliphatic heterocycles. The minimum Gasteiger partial charge on any atom is -0.392 e. The molecule has 1 saturated heterocycles. The third-order valence-electron chi connectivity index (χ3n) is 6.02. The zero-order valence-corrected chi connectivity index (χ0v) is 19.3. The number of aliphatic hydroxyl groups excluding tert-OH is 2. The molecule has 1 aliphatic rings. The Morgan fingerprint density at radius 3 is 2.22 bits per heavy atom. The maximum Gasteiger partial charge on any atom is 0.116 e. The van der Waals surface area contributed by atoms with Crippen LogP contribution >= 0.6 is 0 Å². The van der Waals surface area contributed by atoms with Gasteiger partial charge in [0.05, 0.1) is 38.6 Å². The first-order valence-electron chi connectivity index (χ1n) is 11.4. The van der Waals surface area contributed by atoms with Gasteiger partial charge >= 0.3 is 0 Å². The van der Waals surface area contributed by atoms with Gasteiger partial charge in [0.15, 0.2) is 0 Å². The minimum atomic E-state index is -0.749. The van der Waals surface area contributed by atoms with Crippen molar-refractivity contribution in [2.45, 2.75) is 64.3 Å². The van der Waals surface area contributed by atoms with Crippen LogP contribution in [0.5, 0.6) is 0 Å². The molecule has 2 aromatic rings. The van der Waals surface area contributed by atoms with Crippen LogP contribution in [0.4, 0.5) is 0 Å². The molecule has 5 nitrogen and oxygen atoms in total. The molecule has 2 N–H and O–H groups in total. The Kier molecular flexibility index (Phi) is 9.02. The molecule has 4 atom stereocenters. The zero-order valence-electron chi connectivity index (χ0n) is 19.3. The maximum atomic E-state index is 10.8. The van der Waals surface area contributed by atoms with Crippen LogP contribution in [0.3, 0.4) is 0 Å². The summed E-state index contributed by atoms with van der Waals surface area (Å²) in [6.07, 6.45) is 0.697. The smallest absolute Gasteiger partial charge is 0.116 e. The number of aliphatic hydroxyl groups is 2. The second-order valence-electron chi connectivity index (χ2n) is 9.02. The average Bonchev–Trinajstić information content (AvgIpc) is 2.79. The highest BCUT2D eigenvalue weighted by Gasteiger charge is 2.46. The quantitative estimate of drug-likeness (QED) is 0.540. The fraction of sp³-hybridized carbons (Fsp3) is 0.481. The van der Waals surface area contributed by atoms with Crippen molar-refractivity contribution < 1.29 is 24.4 Å². The van der Waals surface area contributed by atoms with Gasteiger partial charge < -0.3 is 24.4 Å². The second-order valence-corrected chi connectivity index (χ2v) is 9.02. The SMILES string of the molecule is CC(C)/C(=C/[C@H]1O[C@@](C)(COCc2ccccc2)[C@H](OCc2ccccc2)C[C@@H]1O)CO. The third-order valence-corrected chi connectivity index (χ3v) is 6.02. The Bertz CT molecular complexity index is 836. The van der Waals surface area contributed by atoms with E-state index in [1.807, 2.05) is 87.5 Å². The summed E-state index contributed by atoms with van der Waals surface area (Å²) < 4.78 is 18.7. The molecule has 0 unspecified atom stereocenters. The summed E-state index contributed by atoms with van der Waals surface area (Å²) >= 11 is 0. The van der Waals surface area contributed by atoms with Crippen LogP contribution in [0.1, 0.15) is 38.3 Å². The van der Waals surface area contributed by atoms with Gasteiger partial charge in [0.2, 0.25) is 0 Å². The van der Waals surface area contributed by atoms with E-state index in [0.717, 1.165) is 16.7 Å². The van der Waals surface area contributed by atoms with Crippen LogP contribution < -0.4 is 0 Å². The Labute approximate surface area is 191 Å². The molecular weight excluding hydrogens is 404 g/mol. The van der Waals surface area contributed by atoms with Crippen LogP contribution in [0.25, 0.3) is 0 Å². The van der Waals surface area contributed by atoms with Crippen LogP contribution in [-0.2, 0) is 27.4 Å². The fourth-order valence-corrected chi connectivity index (χ4v) is 3.94. The number of ether oxygens (including phenoxy) is 3. The molecule has 32 heavy (non-hydrogen) atoms. The Morgan fingerprint density at radius 1 is 1.06 bits per heavy atom. The van der Waals surface area contributed by atoms with Crippen molar-refractivity contribution in [1.29, 1.82) is 0 Å². The van der Waals surface area contributed by atoms with Crippen LogP contribution in [0.15, 0.2) is 72.3 Å². The Morgan fingerprint density at radius 2 is 1.66 bits per heavy atom. The van der Waals surface area contributed by atoms with Crippen molar-refractivity contribution in [2.75, 3.05) is 13.2 Å². The lowest BCUT2D eigenvalue weighted by molar-refractivity contribution is -0.240. The Hall–Kier alpha value is -2.02. The van der Waals surface area contributed by atoms with E-state index in [4.69, 9.17) is 14.2 Å². The first-order chi connectivity index (χ1) is 15.4. The molecule has 2 aromatic carbocycles. The highest BCUT2D eigenvalue weighted by Crippen LogP contribution is 2.34. The number of benzene rings is 2. The lowest BCUT2D eigenvalue weighted by atomic mass is 9.87. The van der Waals surface area contributed by atoms with Crippen molar-refractivity contribution in [2.24, 2.45) is 5.92 Å². The predicted molar refractivity (Wildman–Crippen MR) is 125 cm³/mol. The first kappa shape index (κ1) is 24.6. The summed E-state index contributed by atoms with van der Waals surface area (Å²) in [6.45, 7) is 7.20. The van der Waals surface area contributed by atoms with E-state index >= 15 is 0 Å². The molecule has 3 rings (SSSR count). The standard InChI is InChI=1S/C27H36O5/c1-20(2)23(16-28)14-25-24(29)15-26(31-18-22-12-8-5-9-13-22)27(3,32-25)19-30-17-21-10-6-4-7-11-21/h4-14,20,24-26,28-29H,15-19H2,1-3H3/b23-14+/t24-,25+,26+,27-/m0/s1. The second kappa shape index (κ2) is 11.7. The normalized spacial score (nSPS) is 26.4. The molecule has 0 saturated carbocycles. The summed E-state index contributed by atoms with van der Waals surface area (Å²) in [5, 5.41) is 20.5. The van der Waals surface area contributed by atoms with Gasteiger partial charge in [-0.05, 0) is 29.5 Å². The van der Waals surface area contributed by atoms with Crippen molar-refractivity contribution in [3.8, 4) is 0 Å². The largest absolute Gasteiger partial charge is 0.392 e. The molecule has 5 heteroatoms. The number of hydrogen-bond donors (Lipinski definition) is 2. The topological polar surface area (TPSA) is 68.2 Å². The van der Waals surface area contributed by atoms with Crippen LogP contribution in [-0.4, -0.2) is 47.3 Å². The molecule has 0 radical (unpaired) electrons. The van der Waals surface area contributed by atoms with Gasteiger partial charge in [0, 0.05) is 6.42 Å². The molecule has 174 valence electrons. The predicted octanol–water partition coefficient (Wildman–Crippen LogP) is 4.27. The highest BCUT2D eigenvalue weighted by molar-refractivity contribution is 5.15. The lowest BCUT2D eigenvalue weighted by Gasteiger charge is -2.46. The molecule has 0 amide bonds. The molecule has 1 heterocycles. The van der Waals surface area contributed by atoms with Gasteiger partial charge in [-0.1, -0.05) is 80.6 Å². The third kappa shape index (κ3) is 6.74. The van der Waals surface area contributed by atoms with Crippen molar-refractivity contribution in [3.05, 3.63) is 83.4 Å².